The normalized spacial score (nSPS) is 22.9. The van der Waals surface area contributed by atoms with Crippen LogP contribution in [-0.4, -0.2) is 58.0 Å². The predicted octanol–water partition coefficient (Wildman–Crippen LogP) is 7.19. The number of nitrogens with zero attached hydrogens (tertiary/aromatic N) is 2. The molecule has 45 heavy (non-hydrogen) atoms. The zero-order valence-electron chi connectivity index (χ0n) is 26.6. The third kappa shape index (κ3) is 7.65. The third-order valence-corrected chi connectivity index (χ3v) is 7.99. The van der Waals surface area contributed by atoms with E-state index in [0.717, 1.165) is 16.7 Å². The van der Waals surface area contributed by atoms with Gasteiger partial charge in [-0.25, -0.2) is 14.4 Å². The van der Waals surface area contributed by atoms with Crippen molar-refractivity contribution < 1.29 is 33.3 Å². The van der Waals surface area contributed by atoms with Gasteiger partial charge in [0.1, 0.15) is 30.0 Å². The van der Waals surface area contributed by atoms with E-state index in [4.69, 9.17) is 18.9 Å². The lowest BCUT2D eigenvalue weighted by atomic mass is 9.90. The summed E-state index contributed by atoms with van der Waals surface area (Å²) in [5.74, 6) is -0.519. The van der Waals surface area contributed by atoms with E-state index in [1.807, 2.05) is 126 Å². The van der Waals surface area contributed by atoms with Gasteiger partial charge < -0.3 is 18.9 Å². The summed E-state index contributed by atoms with van der Waals surface area (Å²) in [7, 11) is 0. The quantitative estimate of drug-likeness (QED) is 0.205. The van der Waals surface area contributed by atoms with Crippen LogP contribution < -0.4 is 0 Å². The van der Waals surface area contributed by atoms with Crippen LogP contribution >= 0.6 is 0 Å². The number of cyclic esters (lactones) is 1. The van der Waals surface area contributed by atoms with Crippen LogP contribution in [0.5, 0.6) is 0 Å². The topological polar surface area (TPSA) is 94.6 Å². The summed E-state index contributed by atoms with van der Waals surface area (Å²) in [6.45, 7) is 9.43. The second-order valence-electron chi connectivity index (χ2n) is 12.9. The lowest BCUT2D eigenvalue weighted by Gasteiger charge is -2.44. The summed E-state index contributed by atoms with van der Waals surface area (Å²) in [6, 6.07) is 26.8. The van der Waals surface area contributed by atoms with E-state index >= 15 is 0 Å². The van der Waals surface area contributed by atoms with E-state index in [9.17, 15) is 14.4 Å². The summed E-state index contributed by atoms with van der Waals surface area (Å²) in [6.07, 6.45) is -1.57. The Balaban J connectivity index is 1.43. The number of carbonyl (C=O) groups is 3. The fourth-order valence-corrected chi connectivity index (χ4v) is 5.93. The molecule has 2 heterocycles. The first-order valence-corrected chi connectivity index (χ1v) is 15.4. The molecule has 2 fully saturated rings. The molecule has 9 heteroatoms. The maximum absolute atomic E-state index is 14.1. The van der Waals surface area contributed by atoms with Gasteiger partial charge in [0.25, 0.3) is 0 Å². The molecule has 0 spiro atoms. The Morgan fingerprint density at radius 2 is 1.42 bits per heavy atom. The summed E-state index contributed by atoms with van der Waals surface area (Å²) >= 11 is 0. The molecule has 0 aromatic heterocycles. The van der Waals surface area contributed by atoms with Crippen LogP contribution in [0.2, 0.25) is 0 Å². The van der Waals surface area contributed by atoms with Crippen molar-refractivity contribution in [2.45, 2.75) is 89.7 Å². The Hall–Kier alpha value is -4.37. The van der Waals surface area contributed by atoms with E-state index in [0.29, 0.717) is 6.42 Å². The zero-order valence-corrected chi connectivity index (χ0v) is 26.6. The zero-order chi connectivity index (χ0) is 32.2. The molecule has 9 nitrogen and oxygen atoms in total. The third-order valence-electron chi connectivity index (χ3n) is 7.99. The lowest BCUT2D eigenvalue weighted by molar-refractivity contribution is -0.174. The van der Waals surface area contributed by atoms with Crippen molar-refractivity contribution in [3.8, 4) is 0 Å². The van der Waals surface area contributed by atoms with E-state index in [2.05, 4.69) is 0 Å². The average Bonchev–Trinajstić information content (AvgIpc) is 3.33. The molecule has 2 aliphatic rings. The van der Waals surface area contributed by atoms with Gasteiger partial charge in [-0.2, -0.15) is 0 Å². The van der Waals surface area contributed by atoms with Gasteiger partial charge in [-0.05, 0) is 64.2 Å². The highest BCUT2D eigenvalue weighted by Gasteiger charge is 2.50. The number of esters is 1. The maximum Gasteiger partial charge on any atom is 0.412 e. The fourth-order valence-electron chi connectivity index (χ4n) is 5.93. The molecule has 3 aromatic carbocycles. The van der Waals surface area contributed by atoms with Gasteiger partial charge in [0, 0.05) is 0 Å². The predicted molar refractivity (Wildman–Crippen MR) is 168 cm³/mol. The van der Waals surface area contributed by atoms with Gasteiger partial charge in [-0.3, -0.25) is 9.80 Å². The van der Waals surface area contributed by atoms with Crippen molar-refractivity contribution >= 4 is 18.2 Å². The number of ether oxygens (including phenoxy) is 4. The van der Waals surface area contributed by atoms with Crippen LogP contribution in [0.15, 0.2) is 91.0 Å². The minimum Gasteiger partial charge on any atom is -0.453 e. The molecule has 4 atom stereocenters. The highest BCUT2D eigenvalue weighted by Crippen LogP contribution is 2.44. The second kappa shape index (κ2) is 13.3. The number of morpholine rings is 1. The van der Waals surface area contributed by atoms with E-state index in [-0.39, 0.29) is 25.7 Å². The Kier molecular flexibility index (Phi) is 9.48. The van der Waals surface area contributed by atoms with Gasteiger partial charge in [0.05, 0.1) is 12.6 Å². The van der Waals surface area contributed by atoms with E-state index < -0.39 is 47.7 Å². The van der Waals surface area contributed by atoms with Crippen molar-refractivity contribution in [1.82, 2.24) is 9.80 Å². The number of amides is 2. The van der Waals surface area contributed by atoms with Crippen LogP contribution in [0.1, 0.15) is 76.3 Å². The smallest absolute Gasteiger partial charge is 0.412 e. The highest BCUT2D eigenvalue weighted by atomic mass is 16.6. The molecule has 2 aliphatic heterocycles. The van der Waals surface area contributed by atoms with Crippen LogP contribution in [0.25, 0.3) is 0 Å². The van der Waals surface area contributed by atoms with Crippen LogP contribution in [0.3, 0.4) is 0 Å². The molecule has 2 saturated heterocycles. The largest absolute Gasteiger partial charge is 0.453 e. The molecule has 0 N–H and O–H groups in total. The van der Waals surface area contributed by atoms with Crippen molar-refractivity contribution in [1.29, 1.82) is 0 Å². The van der Waals surface area contributed by atoms with Gasteiger partial charge in [-0.15, -0.1) is 0 Å². The van der Waals surface area contributed by atoms with Crippen LogP contribution in [0, 0.1) is 0 Å². The minimum atomic E-state index is -0.944. The van der Waals surface area contributed by atoms with Gasteiger partial charge >= 0.3 is 18.2 Å². The van der Waals surface area contributed by atoms with E-state index in [1.54, 1.807) is 4.90 Å². The summed E-state index contributed by atoms with van der Waals surface area (Å²) in [4.78, 5) is 43.9. The van der Waals surface area contributed by atoms with Crippen LogP contribution in [-0.2, 0) is 30.3 Å². The standard InChI is InChI=1S/C36H42N2O7/c1-35(2,3)45-33(40)37-23-28(44-36(37,4)5)21-22-29-32(39)43-31(27-19-13-8-14-20-27)30(26-17-11-7-12-18-26)38(29)34(41)42-24-25-15-9-6-10-16-25/h6-20,28-31H,21-24H2,1-5H3/t28-,29-,30-,31+/m1/s1. The van der Waals surface area contributed by atoms with Crippen molar-refractivity contribution in [2.24, 2.45) is 0 Å². The molecule has 3 aromatic rings. The molecule has 5 rings (SSSR count). The minimum absolute atomic E-state index is 0.0558. The fraction of sp³-hybridized carbons (Fsp3) is 0.417. The highest BCUT2D eigenvalue weighted by molar-refractivity contribution is 5.83. The number of benzene rings is 3. The van der Waals surface area contributed by atoms with Crippen molar-refractivity contribution in [2.75, 3.05) is 6.54 Å². The molecule has 238 valence electrons. The molecule has 2 amide bonds. The van der Waals surface area contributed by atoms with Crippen molar-refractivity contribution in [3.63, 3.8) is 0 Å². The average molecular weight is 615 g/mol. The number of carbonyl (C=O) groups excluding carboxylic acids is 3. The Labute approximate surface area is 265 Å². The molecule has 0 unspecified atom stereocenters. The summed E-state index contributed by atoms with van der Waals surface area (Å²) < 4.78 is 23.9. The first-order valence-electron chi connectivity index (χ1n) is 15.4. The van der Waals surface area contributed by atoms with Crippen LogP contribution in [0.4, 0.5) is 9.59 Å². The van der Waals surface area contributed by atoms with Gasteiger partial charge in [0.2, 0.25) is 0 Å². The Morgan fingerprint density at radius 3 is 2.02 bits per heavy atom. The molecule has 0 bridgehead atoms. The van der Waals surface area contributed by atoms with Gasteiger partial charge in [-0.1, -0.05) is 91.0 Å². The number of hydrogen-bond acceptors (Lipinski definition) is 7. The number of hydrogen-bond donors (Lipinski definition) is 0. The Morgan fingerprint density at radius 1 is 0.844 bits per heavy atom. The summed E-state index contributed by atoms with van der Waals surface area (Å²) in [5, 5.41) is 0. The first kappa shape index (κ1) is 32.0. The summed E-state index contributed by atoms with van der Waals surface area (Å²) in [5.41, 5.74) is 0.864. The number of rotatable bonds is 7. The monoisotopic (exact) mass is 614 g/mol. The molecular formula is C36H42N2O7. The van der Waals surface area contributed by atoms with Gasteiger partial charge in [0.15, 0.2) is 6.10 Å². The molecular weight excluding hydrogens is 572 g/mol. The SMILES string of the molecule is CC(C)(C)OC(=O)N1C[C@@H](CC[C@@H]2C(=O)O[C@@H](c3ccccc3)[C@@H](c3ccccc3)N2C(=O)OCc2ccccc2)OC1(C)C. The molecule has 0 saturated carbocycles. The Bertz CT molecular complexity index is 1460. The maximum atomic E-state index is 14.1. The lowest BCUT2D eigenvalue weighted by Crippen LogP contribution is -2.54. The van der Waals surface area contributed by atoms with Crippen molar-refractivity contribution in [3.05, 3.63) is 108 Å². The second-order valence-corrected chi connectivity index (χ2v) is 12.9. The molecule has 0 aliphatic carbocycles. The molecule has 0 radical (unpaired) electrons. The first-order chi connectivity index (χ1) is 21.4. The van der Waals surface area contributed by atoms with E-state index in [1.165, 1.54) is 4.90 Å².